The van der Waals surface area contributed by atoms with Crippen LogP contribution in [-0.2, 0) is 0 Å². The predicted molar refractivity (Wildman–Crippen MR) is 73.9 cm³/mol. The molecule has 1 aromatic carbocycles. The van der Waals surface area contributed by atoms with Gasteiger partial charge >= 0.3 is 0 Å². The second kappa shape index (κ2) is 5.07. The van der Waals surface area contributed by atoms with Crippen LogP contribution in [0.4, 0.5) is 14.5 Å². The Bertz CT molecular complexity index is 623. The van der Waals surface area contributed by atoms with E-state index in [1.807, 2.05) is 0 Å². The van der Waals surface area contributed by atoms with Crippen molar-refractivity contribution in [1.82, 2.24) is 0 Å². The molecule has 0 amide bonds. The number of thiophene rings is 1. The molecule has 0 aliphatic rings. The number of hydrogen-bond acceptors (Lipinski definition) is 3. The summed E-state index contributed by atoms with van der Waals surface area (Å²) in [6, 6.07) is 3.19. The van der Waals surface area contributed by atoms with Crippen LogP contribution in [0.2, 0.25) is 0 Å². The molecule has 94 valence electrons. The number of benzene rings is 1. The summed E-state index contributed by atoms with van der Waals surface area (Å²) in [5, 5.41) is 0. The first kappa shape index (κ1) is 13.6. The van der Waals surface area contributed by atoms with Crippen LogP contribution < -0.4 is 5.73 Å². The molecule has 18 heavy (non-hydrogen) atoms. The molecule has 0 aliphatic carbocycles. The van der Waals surface area contributed by atoms with Crippen LogP contribution in [0.1, 0.15) is 15.2 Å². The fraction of sp³-hybridized carbons (Fsp3) is 0. The lowest BCUT2D eigenvalue weighted by Crippen LogP contribution is -2.05. The average molecular weight is 397 g/mol. The summed E-state index contributed by atoms with van der Waals surface area (Å²) in [6.45, 7) is 0. The number of carbonyl (C=O) groups excluding carboxylic acids is 1. The SMILES string of the molecule is Nc1cc(C(=O)c2cc(Br)c(Br)s2)c(F)cc1F. The van der Waals surface area contributed by atoms with E-state index in [0.29, 0.717) is 15.4 Å². The molecule has 2 rings (SSSR count). The van der Waals surface area contributed by atoms with Crippen molar-refractivity contribution in [3.8, 4) is 0 Å². The molecule has 2 N–H and O–H groups in total. The topological polar surface area (TPSA) is 43.1 Å². The number of rotatable bonds is 2. The molecule has 2 aromatic rings. The molecule has 0 bridgehead atoms. The van der Waals surface area contributed by atoms with Gasteiger partial charge in [-0.25, -0.2) is 8.78 Å². The van der Waals surface area contributed by atoms with E-state index < -0.39 is 17.4 Å². The quantitative estimate of drug-likeness (QED) is 0.605. The highest BCUT2D eigenvalue weighted by molar-refractivity contribution is 9.13. The first-order valence-corrected chi connectivity index (χ1v) is 7.04. The van der Waals surface area contributed by atoms with E-state index in [2.05, 4.69) is 31.9 Å². The Labute approximate surface area is 122 Å². The first-order valence-electron chi connectivity index (χ1n) is 4.64. The number of nitrogens with two attached hydrogens (primary N) is 1. The molecular formula is C11H5Br2F2NOS. The van der Waals surface area contributed by atoms with Gasteiger partial charge in [0.05, 0.1) is 19.9 Å². The minimum absolute atomic E-state index is 0.241. The zero-order valence-electron chi connectivity index (χ0n) is 8.64. The normalized spacial score (nSPS) is 10.7. The minimum atomic E-state index is -0.924. The van der Waals surface area contributed by atoms with Crippen molar-refractivity contribution in [3.05, 3.63) is 48.5 Å². The molecule has 0 saturated carbocycles. The molecule has 0 radical (unpaired) electrons. The third-order valence-corrected chi connectivity index (χ3v) is 5.45. The molecule has 0 spiro atoms. The van der Waals surface area contributed by atoms with Gasteiger partial charge in [0.1, 0.15) is 11.6 Å². The van der Waals surface area contributed by atoms with Crippen LogP contribution in [-0.4, -0.2) is 5.78 Å². The number of ketones is 1. The van der Waals surface area contributed by atoms with Crippen molar-refractivity contribution in [2.45, 2.75) is 0 Å². The average Bonchev–Trinajstić information content (AvgIpc) is 2.63. The molecule has 0 unspecified atom stereocenters. The molecular weight excluding hydrogens is 392 g/mol. The Morgan fingerprint density at radius 1 is 1.17 bits per heavy atom. The molecule has 1 aromatic heterocycles. The summed E-state index contributed by atoms with van der Waals surface area (Å²) in [5.41, 5.74) is 4.84. The summed E-state index contributed by atoms with van der Waals surface area (Å²) in [4.78, 5) is 12.4. The van der Waals surface area contributed by atoms with Gasteiger partial charge in [-0.3, -0.25) is 4.79 Å². The van der Waals surface area contributed by atoms with Crippen LogP contribution in [0.15, 0.2) is 26.5 Å². The van der Waals surface area contributed by atoms with Crippen molar-refractivity contribution in [1.29, 1.82) is 0 Å². The van der Waals surface area contributed by atoms with Gasteiger partial charge in [-0.05, 0) is 44.0 Å². The van der Waals surface area contributed by atoms with Crippen molar-refractivity contribution < 1.29 is 13.6 Å². The monoisotopic (exact) mass is 395 g/mol. The molecule has 1 heterocycles. The molecule has 0 saturated heterocycles. The predicted octanol–water partition coefficient (Wildman–Crippen LogP) is 4.36. The summed E-state index contributed by atoms with van der Waals surface area (Å²) in [7, 11) is 0. The zero-order valence-corrected chi connectivity index (χ0v) is 12.6. The lowest BCUT2D eigenvalue weighted by molar-refractivity contribution is 0.103. The van der Waals surface area contributed by atoms with E-state index >= 15 is 0 Å². The lowest BCUT2D eigenvalue weighted by Gasteiger charge is -2.03. The van der Waals surface area contributed by atoms with Crippen LogP contribution in [0.3, 0.4) is 0 Å². The van der Waals surface area contributed by atoms with Crippen molar-refractivity contribution >= 4 is 54.7 Å². The smallest absolute Gasteiger partial charge is 0.206 e. The first-order chi connectivity index (χ1) is 8.40. The maximum Gasteiger partial charge on any atom is 0.206 e. The largest absolute Gasteiger partial charge is 0.396 e. The van der Waals surface area contributed by atoms with Crippen LogP contribution in [0.5, 0.6) is 0 Å². The fourth-order valence-corrected chi connectivity index (χ4v) is 3.32. The Morgan fingerprint density at radius 2 is 1.83 bits per heavy atom. The summed E-state index contributed by atoms with van der Waals surface area (Å²) < 4.78 is 28.0. The molecule has 7 heteroatoms. The fourth-order valence-electron chi connectivity index (χ4n) is 1.33. The van der Waals surface area contributed by atoms with Gasteiger partial charge in [-0.1, -0.05) is 0 Å². The Hall–Kier alpha value is -0.790. The van der Waals surface area contributed by atoms with E-state index in [1.165, 1.54) is 0 Å². The highest BCUT2D eigenvalue weighted by Gasteiger charge is 2.19. The molecule has 0 atom stereocenters. The third-order valence-electron chi connectivity index (χ3n) is 2.20. The van der Waals surface area contributed by atoms with E-state index in [4.69, 9.17) is 5.73 Å². The van der Waals surface area contributed by atoms with E-state index in [9.17, 15) is 13.6 Å². The maximum atomic E-state index is 13.5. The highest BCUT2D eigenvalue weighted by atomic mass is 79.9. The number of carbonyl (C=O) groups is 1. The standard InChI is InChI=1S/C11H5Br2F2NOS/c12-5-2-9(18-11(5)13)10(17)4-1-8(16)7(15)3-6(4)14/h1-3H,16H2. The van der Waals surface area contributed by atoms with Gasteiger partial charge < -0.3 is 5.73 Å². The molecule has 0 fully saturated rings. The maximum absolute atomic E-state index is 13.5. The summed E-state index contributed by atoms with van der Waals surface area (Å²) >= 11 is 7.63. The Morgan fingerprint density at radius 3 is 2.39 bits per heavy atom. The van der Waals surface area contributed by atoms with Crippen molar-refractivity contribution in [2.75, 3.05) is 5.73 Å². The van der Waals surface area contributed by atoms with Crippen LogP contribution >= 0.6 is 43.2 Å². The van der Waals surface area contributed by atoms with E-state index in [1.54, 1.807) is 6.07 Å². The van der Waals surface area contributed by atoms with Crippen molar-refractivity contribution in [2.24, 2.45) is 0 Å². The van der Waals surface area contributed by atoms with Gasteiger partial charge in [0.25, 0.3) is 0 Å². The number of hydrogen-bond donors (Lipinski definition) is 1. The van der Waals surface area contributed by atoms with E-state index in [0.717, 1.165) is 21.2 Å². The van der Waals surface area contributed by atoms with Gasteiger partial charge in [0, 0.05) is 10.5 Å². The van der Waals surface area contributed by atoms with Gasteiger partial charge in [0.2, 0.25) is 5.78 Å². The third kappa shape index (κ3) is 2.48. The van der Waals surface area contributed by atoms with Gasteiger partial charge in [-0.15, -0.1) is 11.3 Å². The zero-order chi connectivity index (χ0) is 13.4. The van der Waals surface area contributed by atoms with Crippen LogP contribution in [0.25, 0.3) is 0 Å². The summed E-state index contributed by atoms with van der Waals surface area (Å²) in [5.74, 6) is -2.33. The van der Waals surface area contributed by atoms with Crippen molar-refractivity contribution in [3.63, 3.8) is 0 Å². The van der Waals surface area contributed by atoms with Crippen LogP contribution in [0, 0.1) is 11.6 Å². The highest BCUT2D eigenvalue weighted by Crippen LogP contribution is 2.34. The second-order valence-electron chi connectivity index (χ2n) is 3.41. The summed E-state index contributed by atoms with van der Waals surface area (Å²) in [6.07, 6.45) is 0. The Balaban J connectivity index is 2.49. The number of halogens is 4. The molecule has 2 nitrogen and oxygen atoms in total. The van der Waals surface area contributed by atoms with Gasteiger partial charge in [-0.2, -0.15) is 0 Å². The Kier molecular flexibility index (Phi) is 3.84. The van der Waals surface area contributed by atoms with Gasteiger partial charge in [0.15, 0.2) is 0 Å². The lowest BCUT2D eigenvalue weighted by atomic mass is 10.1. The molecule has 0 aliphatic heterocycles. The minimum Gasteiger partial charge on any atom is -0.396 e. The second-order valence-corrected chi connectivity index (χ2v) is 6.64. The number of nitrogen functional groups attached to an aromatic ring is 1. The van der Waals surface area contributed by atoms with E-state index in [-0.39, 0.29) is 11.3 Å². The number of anilines is 1.